The van der Waals surface area contributed by atoms with Crippen molar-refractivity contribution in [2.45, 2.75) is 6.04 Å². The summed E-state index contributed by atoms with van der Waals surface area (Å²) >= 11 is 3.37. The van der Waals surface area contributed by atoms with Crippen LogP contribution < -0.4 is 20.7 Å². The number of nitrogens with zero attached hydrogens (tertiary/aromatic N) is 3. The Balaban J connectivity index is 2.52. The van der Waals surface area contributed by atoms with Crippen molar-refractivity contribution >= 4 is 15.9 Å². The van der Waals surface area contributed by atoms with Gasteiger partial charge in [-0.2, -0.15) is 0 Å². The van der Waals surface area contributed by atoms with Gasteiger partial charge in [-0.05, 0) is 33.6 Å². The maximum Gasteiger partial charge on any atom is 0.153 e. The molecule has 1 atom stereocenters. The Morgan fingerprint density at radius 3 is 2.25 bits per heavy atom. The first-order chi connectivity index (χ1) is 9.60. The fourth-order valence-electron chi connectivity index (χ4n) is 1.97. The van der Waals surface area contributed by atoms with Crippen LogP contribution in [0.15, 0.2) is 22.8 Å². The van der Waals surface area contributed by atoms with Crippen molar-refractivity contribution in [3.63, 3.8) is 0 Å². The van der Waals surface area contributed by atoms with Crippen LogP contribution in [0.25, 0.3) is 0 Å². The number of hydrogen-bond donors (Lipinski definition) is 2. The van der Waals surface area contributed by atoms with E-state index in [0.717, 1.165) is 11.3 Å². The van der Waals surface area contributed by atoms with Crippen LogP contribution in [0.1, 0.15) is 17.3 Å². The Bertz CT molecular complexity index is 560. The van der Waals surface area contributed by atoms with Gasteiger partial charge < -0.3 is 9.47 Å². The largest absolute Gasteiger partial charge is 0.497 e. The van der Waals surface area contributed by atoms with Gasteiger partial charge in [0.2, 0.25) is 0 Å². The summed E-state index contributed by atoms with van der Waals surface area (Å²) in [5.41, 5.74) is 4.46. The van der Waals surface area contributed by atoms with Crippen molar-refractivity contribution in [1.29, 1.82) is 0 Å². The summed E-state index contributed by atoms with van der Waals surface area (Å²) in [6.45, 7) is 0. The molecule has 1 aromatic carbocycles. The SMILES string of the molecule is COc1cc(OC)cc(C(NN)c2c(Br)nnn2C)c1. The van der Waals surface area contributed by atoms with E-state index in [9.17, 15) is 0 Å². The predicted octanol–water partition coefficient (Wildman–Crippen LogP) is 1.15. The smallest absolute Gasteiger partial charge is 0.153 e. The van der Waals surface area contributed by atoms with Gasteiger partial charge in [0, 0.05) is 13.1 Å². The number of halogens is 1. The molecule has 0 fully saturated rings. The molecule has 1 heterocycles. The van der Waals surface area contributed by atoms with Crippen LogP contribution in [0.5, 0.6) is 11.5 Å². The van der Waals surface area contributed by atoms with Crippen molar-refractivity contribution in [1.82, 2.24) is 20.4 Å². The van der Waals surface area contributed by atoms with Crippen LogP contribution in [-0.2, 0) is 7.05 Å². The molecule has 7 nitrogen and oxygen atoms in total. The minimum absolute atomic E-state index is 0.298. The molecule has 8 heteroatoms. The fraction of sp³-hybridized carbons (Fsp3) is 0.333. The van der Waals surface area contributed by atoms with Gasteiger partial charge in [0.1, 0.15) is 11.5 Å². The summed E-state index contributed by atoms with van der Waals surface area (Å²) in [6.07, 6.45) is 0. The monoisotopic (exact) mass is 341 g/mol. The number of rotatable bonds is 5. The number of aryl methyl sites for hydroxylation is 1. The number of nitrogens with two attached hydrogens (primary N) is 1. The van der Waals surface area contributed by atoms with Crippen molar-refractivity contribution < 1.29 is 9.47 Å². The summed E-state index contributed by atoms with van der Waals surface area (Å²) in [7, 11) is 5.00. The third-order valence-corrected chi connectivity index (χ3v) is 3.54. The van der Waals surface area contributed by atoms with E-state index in [1.165, 1.54) is 0 Å². The lowest BCUT2D eigenvalue weighted by Crippen LogP contribution is -2.30. The number of ether oxygens (including phenoxy) is 2. The third-order valence-electron chi connectivity index (χ3n) is 2.97. The number of methoxy groups -OCH3 is 2. The summed E-state index contributed by atoms with van der Waals surface area (Å²) in [6, 6.07) is 5.26. The molecule has 1 unspecified atom stereocenters. The van der Waals surface area contributed by atoms with Crippen molar-refractivity contribution in [2.24, 2.45) is 12.9 Å². The Morgan fingerprint density at radius 2 is 1.85 bits per heavy atom. The topological polar surface area (TPSA) is 87.2 Å². The van der Waals surface area contributed by atoms with Gasteiger partial charge in [0.25, 0.3) is 0 Å². The first-order valence-corrected chi connectivity index (χ1v) is 6.64. The summed E-state index contributed by atoms with van der Waals surface area (Å²) in [5.74, 6) is 7.07. The highest BCUT2D eigenvalue weighted by Crippen LogP contribution is 2.31. The Morgan fingerprint density at radius 1 is 1.25 bits per heavy atom. The Kier molecular flexibility index (Phi) is 4.58. The van der Waals surface area contributed by atoms with E-state index < -0.39 is 0 Å². The zero-order chi connectivity index (χ0) is 14.7. The first-order valence-electron chi connectivity index (χ1n) is 5.84. The van der Waals surface area contributed by atoms with Crippen LogP contribution in [-0.4, -0.2) is 29.2 Å². The van der Waals surface area contributed by atoms with E-state index in [4.69, 9.17) is 15.3 Å². The van der Waals surface area contributed by atoms with Crippen molar-refractivity contribution in [2.75, 3.05) is 14.2 Å². The number of aromatic nitrogens is 3. The average Bonchev–Trinajstić information content (AvgIpc) is 2.80. The molecule has 0 amide bonds. The lowest BCUT2D eigenvalue weighted by atomic mass is 10.0. The molecular formula is C12H16BrN5O2. The molecule has 0 radical (unpaired) electrons. The molecule has 2 aromatic rings. The van der Waals surface area contributed by atoms with Crippen LogP contribution in [0.4, 0.5) is 0 Å². The molecule has 0 saturated carbocycles. The second-order valence-electron chi connectivity index (χ2n) is 4.13. The molecule has 0 aliphatic rings. The lowest BCUT2D eigenvalue weighted by molar-refractivity contribution is 0.392. The van der Waals surface area contributed by atoms with Crippen LogP contribution in [0.2, 0.25) is 0 Å². The molecule has 0 bridgehead atoms. The summed E-state index contributed by atoms with van der Waals surface area (Å²) in [5, 5.41) is 7.92. The summed E-state index contributed by atoms with van der Waals surface area (Å²) < 4.78 is 12.8. The Hall–Kier alpha value is -1.64. The zero-order valence-corrected chi connectivity index (χ0v) is 13.0. The van der Waals surface area contributed by atoms with Crippen LogP contribution >= 0.6 is 15.9 Å². The predicted molar refractivity (Wildman–Crippen MR) is 77.4 cm³/mol. The van der Waals surface area contributed by atoms with Gasteiger partial charge in [0.05, 0.1) is 26.0 Å². The van der Waals surface area contributed by atoms with Crippen LogP contribution in [0, 0.1) is 0 Å². The minimum atomic E-state index is -0.298. The standard InChI is InChI=1S/C12H16BrN5O2/c1-18-11(12(13)16-17-18)10(15-14)7-4-8(19-2)6-9(5-7)20-3/h4-6,10,15H,14H2,1-3H3. The van der Waals surface area contributed by atoms with E-state index in [2.05, 4.69) is 31.7 Å². The number of hydrogen-bond acceptors (Lipinski definition) is 6. The van der Waals surface area contributed by atoms with Gasteiger partial charge in [-0.3, -0.25) is 5.84 Å². The average molecular weight is 342 g/mol. The Labute approximate surface area is 125 Å². The molecule has 3 N–H and O–H groups in total. The van der Waals surface area contributed by atoms with Gasteiger partial charge >= 0.3 is 0 Å². The van der Waals surface area contributed by atoms with E-state index in [1.54, 1.807) is 32.0 Å². The number of hydrazine groups is 1. The van der Waals surface area contributed by atoms with Crippen molar-refractivity contribution in [3.05, 3.63) is 34.1 Å². The second-order valence-corrected chi connectivity index (χ2v) is 4.89. The van der Waals surface area contributed by atoms with Crippen molar-refractivity contribution in [3.8, 4) is 11.5 Å². The minimum Gasteiger partial charge on any atom is -0.497 e. The van der Waals surface area contributed by atoms with E-state index in [1.807, 2.05) is 12.1 Å². The molecule has 0 spiro atoms. The molecule has 1 aromatic heterocycles. The maximum absolute atomic E-state index is 5.70. The number of nitrogens with one attached hydrogen (secondary N) is 1. The van der Waals surface area contributed by atoms with Gasteiger partial charge in [0.15, 0.2) is 4.60 Å². The normalized spacial score (nSPS) is 12.2. The zero-order valence-electron chi connectivity index (χ0n) is 11.4. The molecular weight excluding hydrogens is 326 g/mol. The highest BCUT2D eigenvalue weighted by molar-refractivity contribution is 9.10. The molecule has 20 heavy (non-hydrogen) atoms. The first kappa shape index (κ1) is 14.8. The fourth-order valence-corrected chi connectivity index (χ4v) is 2.53. The third kappa shape index (κ3) is 2.77. The molecule has 2 rings (SSSR count). The summed E-state index contributed by atoms with van der Waals surface area (Å²) in [4.78, 5) is 0. The van der Waals surface area contributed by atoms with Gasteiger partial charge in [-0.25, -0.2) is 10.1 Å². The molecule has 0 aliphatic carbocycles. The molecule has 0 aliphatic heterocycles. The van der Waals surface area contributed by atoms with Gasteiger partial charge in [-0.1, -0.05) is 5.21 Å². The molecule has 108 valence electrons. The van der Waals surface area contributed by atoms with E-state index >= 15 is 0 Å². The quantitative estimate of drug-likeness (QED) is 0.626. The van der Waals surface area contributed by atoms with Gasteiger partial charge in [-0.15, -0.1) is 5.10 Å². The highest BCUT2D eigenvalue weighted by Gasteiger charge is 2.22. The second kappa shape index (κ2) is 6.21. The van der Waals surface area contributed by atoms with Crippen LogP contribution in [0.3, 0.4) is 0 Å². The van der Waals surface area contributed by atoms with E-state index in [-0.39, 0.29) is 6.04 Å². The maximum atomic E-state index is 5.70. The highest BCUT2D eigenvalue weighted by atomic mass is 79.9. The number of benzene rings is 1. The lowest BCUT2D eigenvalue weighted by Gasteiger charge is -2.18. The molecule has 0 saturated heterocycles. The van der Waals surface area contributed by atoms with E-state index in [0.29, 0.717) is 16.1 Å².